The van der Waals surface area contributed by atoms with Gasteiger partial charge in [-0.25, -0.2) is 9.59 Å². The lowest BCUT2D eigenvalue weighted by Gasteiger charge is -2.52. The molecule has 0 radical (unpaired) electrons. The SMILES string of the molecule is CCN(C(C)=O)C1CCNCC1.CCOC(=O)N1CCC2(CC(=O)C2)C1.CCOC(=O)N1CCC2(CC(N3CCC(N(CC)C(C)=O)CC3)C2)C1.Cl. The predicted molar refractivity (Wildman–Crippen MR) is 202 cm³/mol. The first-order valence-corrected chi connectivity index (χ1v) is 19.7. The van der Waals surface area contributed by atoms with Crippen molar-refractivity contribution in [3.8, 4) is 0 Å². The van der Waals surface area contributed by atoms with Crippen molar-refractivity contribution in [1.29, 1.82) is 0 Å². The van der Waals surface area contributed by atoms with Gasteiger partial charge in [-0.1, -0.05) is 0 Å². The van der Waals surface area contributed by atoms with Crippen molar-refractivity contribution >= 4 is 42.2 Å². The molecular formula is C38H67ClN6O7. The Morgan fingerprint density at radius 2 is 1.15 bits per heavy atom. The Hall–Kier alpha value is -2.64. The van der Waals surface area contributed by atoms with Crippen LogP contribution in [0, 0.1) is 10.8 Å². The second-order valence-corrected chi connectivity index (χ2v) is 15.6. The molecular weight excluding hydrogens is 688 g/mol. The largest absolute Gasteiger partial charge is 0.450 e. The van der Waals surface area contributed by atoms with Gasteiger partial charge in [0.2, 0.25) is 11.8 Å². The molecule has 6 aliphatic rings. The number of carbonyl (C=O) groups is 5. The number of likely N-dealkylation sites (tertiary alicyclic amines) is 3. The van der Waals surface area contributed by atoms with Crippen LogP contribution in [0.15, 0.2) is 0 Å². The summed E-state index contributed by atoms with van der Waals surface area (Å²) in [4.78, 5) is 67.3. The molecule has 0 unspecified atom stereocenters. The third-order valence-corrected chi connectivity index (χ3v) is 12.1. The molecule has 0 bridgehead atoms. The van der Waals surface area contributed by atoms with Gasteiger partial charge in [-0.2, -0.15) is 0 Å². The normalized spacial score (nSPS) is 25.4. The number of halogens is 1. The Bertz CT molecular complexity index is 1190. The van der Waals surface area contributed by atoms with Crippen molar-refractivity contribution in [2.75, 3.05) is 78.7 Å². The predicted octanol–water partition coefficient (Wildman–Crippen LogP) is 4.56. The van der Waals surface area contributed by atoms with E-state index in [1.165, 1.54) is 12.8 Å². The number of Topliss-reactive ketones (excluding diaryl/α,β-unsaturated/α-hetero) is 1. The highest BCUT2D eigenvalue weighted by Gasteiger charge is 2.52. The van der Waals surface area contributed by atoms with Crippen LogP contribution in [0.4, 0.5) is 9.59 Å². The standard InChI is InChI=1S/C19H33N3O3.C10H15NO3.C9H18N2O.ClH/c1-4-22(15(3)23)16-6-9-20(10-7-16)17-12-19(13-17)8-11-21(14-19)18(24)25-5-2;1-2-14-9(13)11-4-3-10(7-11)5-8(12)6-10;1-3-11(8(2)12)9-4-6-10-7-5-9;/h16-17H,4-14H2,1-3H3;2-7H2,1H3;9-10H,3-7H2,1-2H3;1H. The molecule has 0 aromatic rings. The molecule has 0 atom stereocenters. The number of hydrogen-bond donors (Lipinski definition) is 1. The first kappa shape index (κ1) is 43.8. The van der Waals surface area contributed by atoms with Crippen LogP contribution < -0.4 is 5.32 Å². The number of rotatable bonds is 7. The Kier molecular flexibility index (Phi) is 17.0. The van der Waals surface area contributed by atoms with Gasteiger partial charge in [0.15, 0.2) is 0 Å². The molecule has 6 rings (SSSR count). The zero-order chi connectivity index (χ0) is 37.2. The minimum atomic E-state index is -0.233. The van der Waals surface area contributed by atoms with E-state index >= 15 is 0 Å². The van der Waals surface area contributed by atoms with Gasteiger partial charge in [-0.05, 0) is 97.6 Å². The number of hydrogen-bond acceptors (Lipinski definition) is 9. The maximum Gasteiger partial charge on any atom is 0.409 e. The second kappa shape index (κ2) is 20.2. The average molecular weight is 755 g/mol. The molecule has 4 aliphatic heterocycles. The van der Waals surface area contributed by atoms with Gasteiger partial charge in [0.1, 0.15) is 5.78 Å². The van der Waals surface area contributed by atoms with E-state index < -0.39 is 0 Å². The summed E-state index contributed by atoms with van der Waals surface area (Å²) in [7, 11) is 0. The quantitative estimate of drug-likeness (QED) is 0.398. The molecule has 14 heteroatoms. The molecule has 2 spiro atoms. The number of nitrogens with zero attached hydrogens (tertiary/aromatic N) is 5. The number of piperidine rings is 2. The van der Waals surface area contributed by atoms with Crippen LogP contribution in [-0.2, 0) is 23.9 Å². The van der Waals surface area contributed by atoms with Gasteiger partial charge in [0.05, 0.1) is 13.2 Å². The minimum absolute atomic E-state index is 0. The molecule has 0 aromatic carbocycles. The van der Waals surface area contributed by atoms with E-state index in [2.05, 4.69) is 17.1 Å². The topological polar surface area (TPSA) is 132 Å². The summed E-state index contributed by atoms with van der Waals surface area (Å²) in [6.07, 6.45) is 9.81. The molecule has 0 aromatic heterocycles. The Morgan fingerprint density at radius 3 is 1.58 bits per heavy atom. The van der Waals surface area contributed by atoms with Crippen molar-refractivity contribution < 1.29 is 33.4 Å². The Labute approximate surface area is 318 Å². The van der Waals surface area contributed by atoms with E-state index in [0.29, 0.717) is 61.9 Å². The summed E-state index contributed by atoms with van der Waals surface area (Å²) >= 11 is 0. The highest BCUT2D eigenvalue weighted by atomic mass is 35.5. The third-order valence-electron chi connectivity index (χ3n) is 12.1. The van der Waals surface area contributed by atoms with Crippen molar-refractivity contribution in [2.24, 2.45) is 10.8 Å². The number of carbonyl (C=O) groups excluding carboxylic acids is 5. The van der Waals surface area contributed by atoms with E-state index in [1.807, 2.05) is 28.5 Å². The molecule has 13 nitrogen and oxygen atoms in total. The Balaban J connectivity index is 0.000000229. The van der Waals surface area contributed by atoms with Gasteiger partial charge >= 0.3 is 12.2 Å². The van der Waals surface area contributed by atoms with E-state index in [9.17, 15) is 24.0 Å². The zero-order valence-corrected chi connectivity index (χ0v) is 33.6. The molecule has 4 saturated heterocycles. The maximum absolute atomic E-state index is 11.9. The van der Waals surface area contributed by atoms with E-state index in [-0.39, 0.29) is 41.8 Å². The maximum atomic E-state index is 11.9. The first-order valence-electron chi connectivity index (χ1n) is 19.7. The van der Waals surface area contributed by atoms with Crippen LogP contribution in [0.25, 0.3) is 0 Å². The number of amides is 4. The summed E-state index contributed by atoms with van der Waals surface area (Å²) in [5.41, 5.74) is 0.451. The van der Waals surface area contributed by atoms with Crippen molar-refractivity contribution in [1.82, 2.24) is 29.8 Å². The van der Waals surface area contributed by atoms with Crippen molar-refractivity contribution in [3.05, 3.63) is 0 Å². The lowest BCUT2D eigenvalue weighted by atomic mass is 9.64. The van der Waals surface area contributed by atoms with Gasteiger partial charge in [0.25, 0.3) is 0 Å². The Morgan fingerprint density at radius 1 is 0.712 bits per heavy atom. The van der Waals surface area contributed by atoms with Gasteiger partial charge in [0, 0.05) is 103 Å². The van der Waals surface area contributed by atoms with Crippen LogP contribution >= 0.6 is 12.4 Å². The molecule has 6 fully saturated rings. The molecule has 2 aliphatic carbocycles. The van der Waals surface area contributed by atoms with Crippen molar-refractivity contribution in [2.45, 2.75) is 124 Å². The number of nitrogens with one attached hydrogen (secondary N) is 1. The van der Waals surface area contributed by atoms with Crippen molar-refractivity contribution in [3.63, 3.8) is 0 Å². The number of ketones is 1. The molecule has 4 heterocycles. The third kappa shape index (κ3) is 11.2. The smallest absolute Gasteiger partial charge is 0.409 e. The monoisotopic (exact) mass is 754 g/mol. The lowest BCUT2D eigenvalue weighted by Crippen LogP contribution is -2.56. The summed E-state index contributed by atoms with van der Waals surface area (Å²) in [5.74, 6) is 0.744. The van der Waals surface area contributed by atoms with Gasteiger partial charge in [-0.3, -0.25) is 14.4 Å². The first-order chi connectivity index (χ1) is 24.4. The van der Waals surface area contributed by atoms with E-state index in [1.54, 1.807) is 25.7 Å². The second-order valence-electron chi connectivity index (χ2n) is 15.6. The highest BCUT2D eigenvalue weighted by Crippen LogP contribution is 2.50. The van der Waals surface area contributed by atoms with Crippen LogP contribution in [0.1, 0.15) is 106 Å². The fraction of sp³-hybridized carbons (Fsp3) is 0.868. The molecule has 2 saturated carbocycles. The summed E-state index contributed by atoms with van der Waals surface area (Å²) in [6, 6.07) is 1.56. The lowest BCUT2D eigenvalue weighted by molar-refractivity contribution is -0.133. The fourth-order valence-corrected chi connectivity index (χ4v) is 9.37. The molecule has 52 heavy (non-hydrogen) atoms. The van der Waals surface area contributed by atoms with Crippen LogP contribution in [0.5, 0.6) is 0 Å². The molecule has 1 N–H and O–H groups in total. The summed E-state index contributed by atoms with van der Waals surface area (Å²) < 4.78 is 10.1. The van der Waals surface area contributed by atoms with Crippen LogP contribution in [0.3, 0.4) is 0 Å². The van der Waals surface area contributed by atoms with Crippen LogP contribution in [-0.4, -0.2) is 151 Å². The van der Waals surface area contributed by atoms with E-state index in [0.717, 1.165) is 97.4 Å². The summed E-state index contributed by atoms with van der Waals surface area (Å²) in [6.45, 7) is 21.1. The van der Waals surface area contributed by atoms with Gasteiger partial charge < -0.3 is 39.3 Å². The highest BCUT2D eigenvalue weighted by molar-refractivity contribution is 5.86. The average Bonchev–Trinajstić information content (AvgIpc) is 3.73. The number of ether oxygens (including phenoxy) is 2. The minimum Gasteiger partial charge on any atom is -0.450 e. The summed E-state index contributed by atoms with van der Waals surface area (Å²) in [5, 5.41) is 3.29. The fourth-order valence-electron chi connectivity index (χ4n) is 9.37. The van der Waals surface area contributed by atoms with Gasteiger partial charge in [-0.15, -0.1) is 12.4 Å². The zero-order valence-electron chi connectivity index (χ0n) is 32.8. The molecule has 4 amide bonds. The van der Waals surface area contributed by atoms with Crippen LogP contribution in [0.2, 0.25) is 0 Å². The van der Waals surface area contributed by atoms with E-state index in [4.69, 9.17) is 9.47 Å². The molecule has 298 valence electrons.